The van der Waals surface area contributed by atoms with Crippen molar-refractivity contribution in [3.05, 3.63) is 29.8 Å². The van der Waals surface area contributed by atoms with Gasteiger partial charge in [0, 0.05) is 37.7 Å². The summed E-state index contributed by atoms with van der Waals surface area (Å²) in [6.45, 7) is 3.78. The van der Waals surface area contributed by atoms with Crippen LogP contribution in [0.4, 0.5) is 5.69 Å². The fraction of sp³-hybridized carbons (Fsp3) is 0.562. The molecule has 1 amide bonds. The van der Waals surface area contributed by atoms with E-state index in [1.165, 1.54) is 5.56 Å². The van der Waals surface area contributed by atoms with Crippen molar-refractivity contribution in [1.29, 1.82) is 0 Å². The number of nitrogens with one attached hydrogen (secondary N) is 2. The van der Waals surface area contributed by atoms with Gasteiger partial charge in [-0.3, -0.25) is 4.79 Å². The van der Waals surface area contributed by atoms with E-state index >= 15 is 0 Å². The first-order chi connectivity index (χ1) is 9.70. The van der Waals surface area contributed by atoms with Crippen LogP contribution in [-0.4, -0.2) is 30.7 Å². The second-order valence-corrected chi connectivity index (χ2v) is 5.65. The van der Waals surface area contributed by atoms with Crippen LogP contribution in [0.2, 0.25) is 0 Å². The Morgan fingerprint density at radius 2 is 2.30 bits per heavy atom. The Kier molecular flexibility index (Phi) is 5.41. The molecule has 0 fully saturated rings. The van der Waals surface area contributed by atoms with Crippen LogP contribution in [0.3, 0.4) is 0 Å². The third kappa shape index (κ3) is 3.97. The molecule has 2 atom stereocenters. The van der Waals surface area contributed by atoms with Crippen LogP contribution < -0.4 is 10.6 Å². The van der Waals surface area contributed by atoms with Gasteiger partial charge in [-0.05, 0) is 30.4 Å². The fourth-order valence-corrected chi connectivity index (χ4v) is 2.60. The summed E-state index contributed by atoms with van der Waals surface area (Å²) in [4.78, 5) is 11.9. The number of benzene rings is 1. The number of carbonyl (C=O) groups excluding carboxylic acids is 1. The molecule has 0 spiro atoms. The highest BCUT2D eigenvalue weighted by molar-refractivity contribution is 5.78. The molecule has 0 saturated heterocycles. The van der Waals surface area contributed by atoms with Crippen molar-refractivity contribution >= 4 is 11.6 Å². The number of hydrogen-bond donors (Lipinski definition) is 3. The van der Waals surface area contributed by atoms with Crippen LogP contribution >= 0.6 is 0 Å². The zero-order chi connectivity index (χ0) is 14.4. The second-order valence-electron chi connectivity index (χ2n) is 5.65. The van der Waals surface area contributed by atoms with Crippen molar-refractivity contribution in [2.24, 2.45) is 5.92 Å². The van der Waals surface area contributed by atoms with Crippen LogP contribution in [0.15, 0.2) is 24.3 Å². The van der Waals surface area contributed by atoms with E-state index < -0.39 is 0 Å². The molecule has 0 aliphatic carbocycles. The summed E-state index contributed by atoms with van der Waals surface area (Å²) in [5, 5.41) is 15.2. The van der Waals surface area contributed by atoms with Crippen LogP contribution in [0, 0.1) is 5.92 Å². The van der Waals surface area contributed by atoms with Gasteiger partial charge in [-0.15, -0.1) is 0 Å². The number of rotatable bonds is 7. The van der Waals surface area contributed by atoms with Gasteiger partial charge in [-0.2, -0.15) is 0 Å². The summed E-state index contributed by atoms with van der Waals surface area (Å²) in [6.07, 6.45) is 2.41. The molecule has 2 rings (SSSR count). The summed E-state index contributed by atoms with van der Waals surface area (Å²) in [7, 11) is 0. The van der Waals surface area contributed by atoms with Crippen LogP contribution in [0.25, 0.3) is 0 Å². The van der Waals surface area contributed by atoms with Gasteiger partial charge in [0.05, 0.1) is 0 Å². The van der Waals surface area contributed by atoms with E-state index in [1.54, 1.807) is 0 Å². The SMILES string of the molecule is CC(CO)CCCNC(=O)CC1CNc2ccccc21. The summed E-state index contributed by atoms with van der Waals surface area (Å²) < 4.78 is 0. The molecule has 2 unspecified atom stereocenters. The van der Waals surface area contributed by atoms with E-state index in [0.717, 1.165) is 25.1 Å². The van der Waals surface area contributed by atoms with Gasteiger partial charge in [0.25, 0.3) is 0 Å². The van der Waals surface area contributed by atoms with Gasteiger partial charge in [0.15, 0.2) is 0 Å². The van der Waals surface area contributed by atoms with Gasteiger partial charge in [-0.25, -0.2) is 0 Å². The van der Waals surface area contributed by atoms with Crippen molar-refractivity contribution in [2.75, 3.05) is 25.0 Å². The highest BCUT2D eigenvalue weighted by Gasteiger charge is 2.23. The Balaban J connectivity index is 1.71. The molecule has 110 valence electrons. The maximum atomic E-state index is 11.9. The molecule has 3 N–H and O–H groups in total. The molecule has 1 aromatic rings. The number of para-hydroxylation sites is 1. The molecule has 1 aliphatic rings. The smallest absolute Gasteiger partial charge is 0.220 e. The highest BCUT2D eigenvalue weighted by Crippen LogP contribution is 2.32. The lowest BCUT2D eigenvalue weighted by molar-refractivity contribution is -0.121. The molecule has 0 bridgehead atoms. The minimum absolute atomic E-state index is 0.116. The summed E-state index contributed by atoms with van der Waals surface area (Å²) in [5.74, 6) is 0.713. The number of carbonyl (C=O) groups is 1. The molecule has 1 aromatic carbocycles. The van der Waals surface area contributed by atoms with Gasteiger partial charge in [-0.1, -0.05) is 25.1 Å². The Labute approximate surface area is 120 Å². The topological polar surface area (TPSA) is 61.4 Å². The van der Waals surface area contributed by atoms with E-state index in [0.29, 0.717) is 18.9 Å². The third-order valence-corrected chi connectivity index (χ3v) is 3.88. The lowest BCUT2D eigenvalue weighted by Crippen LogP contribution is -2.26. The monoisotopic (exact) mass is 276 g/mol. The predicted octanol–water partition coefficient (Wildman–Crippen LogP) is 2.11. The molecule has 1 aliphatic heterocycles. The van der Waals surface area contributed by atoms with E-state index in [-0.39, 0.29) is 18.4 Å². The van der Waals surface area contributed by atoms with Crippen LogP contribution in [-0.2, 0) is 4.79 Å². The second kappa shape index (κ2) is 7.29. The van der Waals surface area contributed by atoms with Crippen molar-refractivity contribution < 1.29 is 9.90 Å². The highest BCUT2D eigenvalue weighted by atomic mass is 16.3. The number of aliphatic hydroxyl groups is 1. The number of amides is 1. The number of anilines is 1. The minimum atomic E-state index is 0.116. The van der Waals surface area contributed by atoms with Crippen molar-refractivity contribution in [1.82, 2.24) is 5.32 Å². The van der Waals surface area contributed by atoms with Crippen molar-refractivity contribution in [3.8, 4) is 0 Å². The normalized spacial score (nSPS) is 18.2. The van der Waals surface area contributed by atoms with E-state index in [4.69, 9.17) is 5.11 Å². The zero-order valence-corrected chi connectivity index (χ0v) is 12.1. The number of aliphatic hydroxyl groups excluding tert-OH is 1. The van der Waals surface area contributed by atoms with Crippen LogP contribution in [0.5, 0.6) is 0 Å². The molecule has 0 radical (unpaired) electrons. The predicted molar refractivity (Wildman–Crippen MR) is 80.8 cm³/mol. The maximum absolute atomic E-state index is 11.9. The standard InChI is InChI=1S/C16H24N2O2/c1-12(11-19)5-4-8-17-16(20)9-13-10-18-15-7-3-2-6-14(13)15/h2-3,6-7,12-13,18-19H,4-5,8-11H2,1H3,(H,17,20). The largest absolute Gasteiger partial charge is 0.396 e. The van der Waals surface area contributed by atoms with Gasteiger partial charge >= 0.3 is 0 Å². The van der Waals surface area contributed by atoms with Gasteiger partial charge in [0.2, 0.25) is 5.91 Å². The molecule has 4 heteroatoms. The quantitative estimate of drug-likeness (QED) is 0.668. The Morgan fingerprint density at radius 1 is 1.50 bits per heavy atom. The Morgan fingerprint density at radius 3 is 3.10 bits per heavy atom. The molecule has 4 nitrogen and oxygen atoms in total. The first-order valence-electron chi connectivity index (χ1n) is 7.41. The summed E-state index contributed by atoms with van der Waals surface area (Å²) in [5.41, 5.74) is 2.40. The first-order valence-corrected chi connectivity index (χ1v) is 7.41. The first kappa shape index (κ1) is 14.9. The average Bonchev–Trinajstić information content (AvgIpc) is 2.86. The Bertz CT molecular complexity index is 448. The molecule has 20 heavy (non-hydrogen) atoms. The number of hydrogen-bond acceptors (Lipinski definition) is 3. The lowest BCUT2D eigenvalue weighted by Gasteiger charge is -2.11. The summed E-state index contributed by atoms with van der Waals surface area (Å²) in [6, 6.07) is 8.18. The maximum Gasteiger partial charge on any atom is 0.220 e. The minimum Gasteiger partial charge on any atom is -0.396 e. The van der Waals surface area contributed by atoms with E-state index in [1.807, 2.05) is 19.1 Å². The lowest BCUT2D eigenvalue weighted by atomic mass is 9.97. The van der Waals surface area contributed by atoms with Gasteiger partial charge in [0.1, 0.15) is 0 Å². The van der Waals surface area contributed by atoms with Crippen LogP contribution in [0.1, 0.15) is 37.7 Å². The summed E-state index contributed by atoms with van der Waals surface area (Å²) >= 11 is 0. The van der Waals surface area contributed by atoms with E-state index in [9.17, 15) is 4.79 Å². The molecular weight excluding hydrogens is 252 g/mol. The molecule has 0 saturated carbocycles. The fourth-order valence-electron chi connectivity index (χ4n) is 2.60. The average molecular weight is 276 g/mol. The zero-order valence-electron chi connectivity index (χ0n) is 12.1. The van der Waals surface area contributed by atoms with Gasteiger partial charge < -0.3 is 15.7 Å². The van der Waals surface area contributed by atoms with Crippen molar-refractivity contribution in [3.63, 3.8) is 0 Å². The number of fused-ring (bicyclic) bond motifs is 1. The molecule has 0 aromatic heterocycles. The molecule has 1 heterocycles. The third-order valence-electron chi connectivity index (χ3n) is 3.88. The van der Waals surface area contributed by atoms with E-state index in [2.05, 4.69) is 22.8 Å². The van der Waals surface area contributed by atoms with Crippen molar-refractivity contribution in [2.45, 2.75) is 32.1 Å². The Hall–Kier alpha value is -1.55. The molecular formula is C16H24N2O2.